The number of hydrogen-bond acceptors (Lipinski definition) is 5. The van der Waals surface area contributed by atoms with Crippen molar-refractivity contribution in [2.45, 2.75) is 25.1 Å². The summed E-state index contributed by atoms with van der Waals surface area (Å²) < 4.78 is 10.0. The van der Waals surface area contributed by atoms with Crippen LogP contribution in [-0.2, 0) is 20.9 Å². The van der Waals surface area contributed by atoms with Crippen molar-refractivity contribution in [3.05, 3.63) is 65.7 Å². The van der Waals surface area contributed by atoms with Gasteiger partial charge in [0.15, 0.2) is 6.10 Å². The van der Waals surface area contributed by atoms with E-state index < -0.39 is 6.10 Å². The molecule has 5 nitrogen and oxygen atoms in total. The Morgan fingerprint density at radius 2 is 1.83 bits per heavy atom. The van der Waals surface area contributed by atoms with Gasteiger partial charge in [0.2, 0.25) is 0 Å². The fraction of sp³-hybridized carbons (Fsp3) is 0.316. The monoisotopic (exact) mass is 327 g/mol. The van der Waals surface area contributed by atoms with Gasteiger partial charge >= 0.3 is 5.97 Å². The zero-order chi connectivity index (χ0) is 16.9. The Labute approximate surface area is 141 Å². The first-order valence-corrected chi connectivity index (χ1v) is 7.90. The first-order valence-electron chi connectivity index (χ1n) is 7.90. The maximum absolute atomic E-state index is 11.9. The second-order valence-electron chi connectivity index (χ2n) is 5.70. The van der Waals surface area contributed by atoms with Crippen molar-refractivity contribution in [1.29, 1.82) is 0 Å². The molecule has 0 spiro atoms. The summed E-state index contributed by atoms with van der Waals surface area (Å²) in [4.78, 5) is 17.8. The van der Waals surface area contributed by atoms with Crippen LogP contribution in [0.2, 0.25) is 0 Å². The molecule has 1 heterocycles. The number of nitrogens with zero attached hydrogens (tertiary/aromatic N) is 1. The van der Waals surface area contributed by atoms with E-state index in [1.807, 2.05) is 47.5 Å². The number of rotatable bonds is 5. The van der Waals surface area contributed by atoms with E-state index in [0.717, 1.165) is 16.9 Å². The van der Waals surface area contributed by atoms with Crippen LogP contribution in [0.4, 0.5) is 0 Å². The number of benzene rings is 2. The van der Waals surface area contributed by atoms with E-state index >= 15 is 0 Å². The summed E-state index contributed by atoms with van der Waals surface area (Å²) in [6.07, 6.45) is 0.00536. The smallest absolute Gasteiger partial charge is 0.337 e. The topological polar surface area (TPSA) is 48.0 Å². The lowest BCUT2D eigenvalue weighted by Crippen LogP contribution is -2.25. The quantitative estimate of drug-likeness (QED) is 0.790. The SMILES string of the molecule is COC(=O)C1CC(c2ccccc2)N(Cc2ccc(OC)cc2)O1. The van der Waals surface area contributed by atoms with Gasteiger partial charge in [-0.1, -0.05) is 42.5 Å². The lowest BCUT2D eigenvalue weighted by molar-refractivity contribution is -0.191. The molecule has 2 unspecified atom stereocenters. The van der Waals surface area contributed by atoms with Crippen LogP contribution in [0.25, 0.3) is 0 Å². The Balaban J connectivity index is 1.80. The zero-order valence-electron chi connectivity index (χ0n) is 13.8. The highest BCUT2D eigenvalue weighted by Gasteiger charge is 2.39. The first kappa shape index (κ1) is 16.5. The largest absolute Gasteiger partial charge is 0.497 e. The van der Waals surface area contributed by atoms with Crippen LogP contribution in [0.3, 0.4) is 0 Å². The maximum atomic E-state index is 11.9. The van der Waals surface area contributed by atoms with Gasteiger partial charge in [-0.05, 0) is 23.3 Å². The van der Waals surface area contributed by atoms with E-state index in [9.17, 15) is 4.79 Å². The second-order valence-corrected chi connectivity index (χ2v) is 5.70. The molecule has 1 saturated heterocycles. The van der Waals surface area contributed by atoms with Crippen LogP contribution in [0.1, 0.15) is 23.6 Å². The standard InChI is InChI=1S/C19H21NO4/c1-22-16-10-8-14(9-11-16)13-20-17(15-6-4-3-5-7-15)12-18(24-20)19(21)23-2/h3-11,17-18H,12-13H2,1-2H3. The predicted molar refractivity (Wildman–Crippen MR) is 89.2 cm³/mol. The number of methoxy groups -OCH3 is 2. The van der Waals surface area contributed by atoms with Crippen molar-refractivity contribution < 1.29 is 19.1 Å². The highest BCUT2D eigenvalue weighted by Crippen LogP contribution is 2.35. The number of hydroxylamine groups is 2. The number of carbonyl (C=O) groups is 1. The number of ether oxygens (including phenoxy) is 2. The van der Waals surface area contributed by atoms with Crippen LogP contribution in [-0.4, -0.2) is 31.4 Å². The van der Waals surface area contributed by atoms with Crippen molar-refractivity contribution in [2.24, 2.45) is 0 Å². The van der Waals surface area contributed by atoms with Gasteiger partial charge in [-0.2, -0.15) is 5.06 Å². The molecule has 5 heteroatoms. The van der Waals surface area contributed by atoms with E-state index in [2.05, 4.69) is 12.1 Å². The average molecular weight is 327 g/mol. The van der Waals surface area contributed by atoms with Crippen LogP contribution < -0.4 is 4.74 Å². The van der Waals surface area contributed by atoms with E-state index in [-0.39, 0.29) is 12.0 Å². The van der Waals surface area contributed by atoms with Crippen LogP contribution in [0.5, 0.6) is 5.75 Å². The molecule has 0 radical (unpaired) electrons. The molecule has 126 valence electrons. The molecule has 2 aromatic rings. The van der Waals surface area contributed by atoms with Gasteiger partial charge < -0.3 is 9.47 Å². The summed E-state index contributed by atoms with van der Waals surface area (Å²) in [6.45, 7) is 0.580. The molecule has 0 aromatic heterocycles. The fourth-order valence-corrected chi connectivity index (χ4v) is 2.91. The minimum Gasteiger partial charge on any atom is -0.497 e. The van der Waals surface area contributed by atoms with Crippen molar-refractivity contribution in [3.63, 3.8) is 0 Å². The molecule has 0 amide bonds. The Morgan fingerprint density at radius 1 is 1.12 bits per heavy atom. The van der Waals surface area contributed by atoms with Crippen molar-refractivity contribution in [3.8, 4) is 5.75 Å². The van der Waals surface area contributed by atoms with E-state index in [4.69, 9.17) is 14.3 Å². The summed E-state index contributed by atoms with van der Waals surface area (Å²) >= 11 is 0. The van der Waals surface area contributed by atoms with Crippen LogP contribution >= 0.6 is 0 Å². The summed E-state index contributed by atoms with van der Waals surface area (Å²) in [5.41, 5.74) is 2.21. The minimum atomic E-state index is -0.571. The molecule has 0 aliphatic carbocycles. The Hall–Kier alpha value is -2.37. The van der Waals surface area contributed by atoms with Crippen LogP contribution in [0.15, 0.2) is 54.6 Å². The predicted octanol–water partition coefficient (Wildman–Crippen LogP) is 3.12. The number of esters is 1. The molecule has 0 bridgehead atoms. The molecular weight excluding hydrogens is 306 g/mol. The second kappa shape index (κ2) is 7.47. The average Bonchev–Trinajstić information content (AvgIpc) is 3.06. The maximum Gasteiger partial charge on any atom is 0.337 e. The molecule has 2 aromatic carbocycles. The number of hydrogen-bond donors (Lipinski definition) is 0. The third kappa shape index (κ3) is 3.58. The molecule has 1 fully saturated rings. The lowest BCUT2D eigenvalue weighted by atomic mass is 10.0. The van der Waals surface area contributed by atoms with Gasteiger partial charge in [-0.15, -0.1) is 0 Å². The van der Waals surface area contributed by atoms with Gasteiger partial charge in [0.1, 0.15) is 5.75 Å². The Kier molecular flexibility index (Phi) is 5.13. The van der Waals surface area contributed by atoms with Gasteiger partial charge in [0.25, 0.3) is 0 Å². The number of carbonyl (C=O) groups excluding carboxylic acids is 1. The van der Waals surface area contributed by atoms with Gasteiger partial charge in [-0.25, -0.2) is 4.79 Å². The van der Waals surface area contributed by atoms with Gasteiger partial charge in [0, 0.05) is 13.0 Å². The van der Waals surface area contributed by atoms with Crippen molar-refractivity contribution in [1.82, 2.24) is 5.06 Å². The molecule has 2 atom stereocenters. The molecule has 3 rings (SSSR count). The molecule has 0 saturated carbocycles. The third-order valence-electron chi connectivity index (χ3n) is 4.19. The van der Waals surface area contributed by atoms with Crippen molar-refractivity contribution >= 4 is 5.97 Å². The summed E-state index contributed by atoms with van der Waals surface area (Å²) in [7, 11) is 3.03. The van der Waals surface area contributed by atoms with Gasteiger partial charge in [-0.3, -0.25) is 4.84 Å². The van der Waals surface area contributed by atoms with Crippen molar-refractivity contribution in [2.75, 3.05) is 14.2 Å². The lowest BCUT2D eigenvalue weighted by Gasteiger charge is -2.23. The zero-order valence-corrected chi connectivity index (χ0v) is 13.8. The third-order valence-corrected chi connectivity index (χ3v) is 4.19. The normalized spacial score (nSPS) is 20.8. The van der Waals surface area contributed by atoms with Crippen LogP contribution in [0, 0.1) is 0 Å². The first-order chi connectivity index (χ1) is 11.7. The summed E-state index contributed by atoms with van der Waals surface area (Å²) in [6, 6.07) is 17.9. The van der Waals surface area contributed by atoms with E-state index in [0.29, 0.717) is 13.0 Å². The minimum absolute atomic E-state index is 0.0115. The molecule has 24 heavy (non-hydrogen) atoms. The van der Waals surface area contributed by atoms with E-state index in [1.165, 1.54) is 7.11 Å². The fourth-order valence-electron chi connectivity index (χ4n) is 2.91. The van der Waals surface area contributed by atoms with Gasteiger partial charge in [0.05, 0.1) is 20.3 Å². The molecule has 1 aliphatic heterocycles. The summed E-state index contributed by atoms with van der Waals surface area (Å²) in [5.74, 6) is 0.473. The highest BCUT2D eigenvalue weighted by atomic mass is 16.7. The Morgan fingerprint density at radius 3 is 2.46 bits per heavy atom. The Bertz CT molecular complexity index is 672. The molecule has 0 N–H and O–H groups in total. The summed E-state index contributed by atoms with van der Waals surface area (Å²) in [5, 5.41) is 1.86. The van der Waals surface area contributed by atoms with E-state index in [1.54, 1.807) is 7.11 Å². The molecular formula is C19H21NO4. The highest BCUT2D eigenvalue weighted by molar-refractivity contribution is 5.74. The molecule has 1 aliphatic rings.